The lowest BCUT2D eigenvalue weighted by atomic mass is 10.1. The molecule has 0 unspecified atom stereocenters. The van der Waals surface area contributed by atoms with Crippen molar-refractivity contribution in [3.8, 4) is 0 Å². The Morgan fingerprint density at radius 2 is 2.21 bits per heavy atom. The zero-order valence-electron chi connectivity index (χ0n) is 14.6. The first-order valence-electron chi connectivity index (χ1n) is 8.66. The van der Waals surface area contributed by atoms with E-state index in [0.29, 0.717) is 12.4 Å². The molecule has 7 heteroatoms. The second-order valence-electron chi connectivity index (χ2n) is 6.21. The molecule has 2 atom stereocenters. The average molecular weight is 352 g/mol. The highest BCUT2D eigenvalue weighted by molar-refractivity contribution is 7.99. The lowest BCUT2D eigenvalue weighted by molar-refractivity contribution is 0.136. The summed E-state index contributed by atoms with van der Waals surface area (Å²) in [5.41, 5.74) is 8.55. The van der Waals surface area contributed by atoms with E-state index in [1.54, 1.807) is 0 Å². The standard InChI is InChI=1S/C17H29N5OS/c1-3-4-5-6-24-10-14(12(2)23)8-19-7-13-9-20-16-15(13)21-11-22-17(16)18/h9,11-12,14,19-20,23H,3-8,10H2,1-2H3,(H2,18,21,22)/t12-,14-/m1/s1. The van der Waals surface area contributed by atoms with Crippen molar-refractivity contribution >= 4 is 28.6 Å². The molecule has 0 fully saturated rings. The van der Waals surface area contributed by atoms with Gasteiger partial charge in [-0.1, -0.05) is 19.8 Å². The fourth-order valence-corrected chi connectivity index (χ4v) is 3.87. The van der Waals surface area contributed by atoms with Crippen LogP contribution in [0, 0.1) is 5.92 Å². The lowest BCUT2D eigenvalue weighted by Gasteiger charge is -2.20. The van der Waals surface area contributed by atoms with Crippen LogP contribution in [0.5, 0.6) is 0 Å². The molecule has 0 saturated heterocycles. The van der Waals surface area contributed by atoms with Crippen LogP contribution in [0.25, 0.3) is 11.0 Å². The molecule has 2 heterocycles. The molecule has 0 spiro atoms. The minimum atomic E-state index is -0.308. The fraction of sp³-hybridized carbons (Fsp3) is 0.647. The monoisotopic (exact) mass is 351 g/mol. The third-order valence-electron chi connectivity index (χ3n) is 4.20. The summed E-state index contributed by atoms with van der Waals surface area (Å²) >= 11 is 1.94. The Labute approximate surface area is 148 Å². The second kappa shape index (κ2) is 9.86. The second-order valence-corrected chi connectivity index (χ2v) is 7.36. The van der Waals surface area contributed by atoms with Gasteiger partial charge in [0.1, 0.15) is 11.8 Å². The van der Waals surface area contributed by atoms with Crippen LogP contribution in [-0.2, 0) is 6.54 Å². The number of H-pyrrole nitrogens is 1. The van der Waals surface area contributed by atoms with Crippen LogP contribution in [0.4, 0.5) is 5.82 Å². The van der Waals surface area contributed by atoms with Crippen molar-refractivity contribution in [2.24, 2.45) is 5.92 Å². The van der Waals surface area contributed by atoms with Crippen molar-refractivity contribution in [2.75, 3.05) is 23.8 Å². The molecule has 0 aliphatic rings. The van der Waals surface area contributed by atoms with E-state index in [-0.39, 0.29) is 12.0 Å². The highest BCUT2D eigenvalue weighted by Gasteiger charge is 2.15. The number of hydrogen-bond donors (Lipinski definition) is 4. The highest BCUT2D eigenvalue weighted by Crippen LogP contribution is 2.19. The molecule has 0 aromatic carbocycles. The summed E-state index contributed by atoms with van der Waals surface area (Å²) in [5.74, 6) is 2.88. The van der Waals surface area contributed by atoms with Gasteiger partial charge in [-0.15, -0.1) is 0 Å². The molecule has 0 aliphatic heterocycles. The SMILES string of the molecule is CCCCCSC[C@@H](CNCc1c[nH]c2c(N)ncnc12)[C@@H](C)O. The van der Waals surface area contributed by atoms with Crippen LogP contribution in [0.2, 0.25) is 0 Å². The summed E-state index contributed by atoms with van der Waals surface area (Å²) < 4.78 is 0. The first-order valence-corrected chi connectivity index (χ1v) is 9.81. The molecular weight excluding hydrogens is 322 g/mol. The van der Waals surface area contributed by atoms with Crippen molar-refractivity contribution in [3.63, 3.8) is 0 Å². The third-order valence-corrected chi connectivity index (χ3v) is 5.44. The lowest BCUT2D eigenvalue weighted by Crippen LogP contribution is -2.31. The van der Waals surface area contributed by atoms with E-state index in [1.165, 1.54) is 31.3 Å². The number of anilines is 1. The zero-order chi connectivity index (χ0) is 17.4. The number of fused-ring (bicyclic) bond motifs is 1. The van der Waals surface area contributed by atoms with E-state index >= 15 is 0 Å². The predicted molar refractivity (Wildman–Crippen MR) is 102 cm³/mol. The van der Waals surface area contributed by atoms with Crippen LogP contribution in [0.1, 0.15) is 38.7 Å². The Morgan fingerprint density at radius 1 is 1.38 bits per heavy atom. The largest absolute Gasteiger partial charge is 0.393 e. The first-order chi connectivity index (χ1) is 11.6. The molecule has 6 nitrogen and oxygen atoms in total. The van der Waals surface area contributed by atoms with Crippen molar-refractivity contribution in [1.82, 2.24) is 20.3 Å². The fourth-order valence-electron chi connectivity index (χ4n) is 2.60. The summed E-state index contributed by atoms with van der Waals surface area (Å²) in [7, 11) is 0. The number of nitrogens with one attached hydrogen (secondary N) is 2. The number of aliphatic hydroxyl groups excluding tert-OH is 1. The average Bonchev–Trinajstić information content (AvgIpc) is 2.97. The van der Waals surface area contributed by atoms with Gasteiger partial charge in [0.25, 0.3) is 0 Å². The summed E-state index contributed by atoms with van der Waals surface area (Å²) in [6, 6.07) is 0. The number of aromatic amines is 1. The Morgan fingerprint density at radius 3 is 2.96 bits per heavy atom. The predicted octanol–water partition coefficient (Wildman–Crippen LogP) is 2.55. The molecule has 2 rings (SSSR count). The van der Waals surface area contributed by atoms with Crippen LogP contribution < -0.4 is 11.1 Å². The topological polar surface area (TPSA) is 99.9 Å². The van der Waals surface area contributed by atoms with E-state index in [0.717, 1.165) is 28.9 Å². The minimum absolute atomic E-state index is 0.251. The van der Waals surface area contributed by atoms with E-state index in [4.69, 9.17) is 5.73 Å². The minimum Gasteiger partial charge on any atom is -0.393 e. The summed E-state index contributed by atoms with van der Waals surface area (Å²) in [6.45, 7) is 5.57. The van der Waals surface area contributed by atoms with Gasteiger partial charge >= 0.3 is 0 Å². The quantitative estimate of drug-likeness (QED) is 0.464. The number of thioether (sulfide) groups is 1. The number of nitrogen functional groups attached to an aromatic ring is 1. The first kappa shape index (κ1) is 19.0. The van der Waals surface area contributed by atoms with Crippen molar-refractivity contribution < 1.29 is 5.11 Å². The Hall–Kier alpha value is -1.31. The normalized spacial score (nSPS) is 14.1. The van der Waals surface area contributed by atoms with Crippen molar-refractivity contribution in [1.29, 1.82) is 0 Å². The van der Waals surface area contributed by atoms with Crippen molar-refractivity contribution in [3.05, 3.63) is 18.1 Å². The van der Waals surface area contributed by atoms with Gasteiger partial charge in [-0.3, -0.25) is 0 Å². The molecule has 5 N–H and O–H groups in total. The number of nitrogens with zero attached hydrogens (tertiary/aromatic N) is 2. The highest BCUT2D eigenvalue weighted by atomic mass is 32.2. The molecule has 0 radical (unpaired) electrons. The maximum absolute atomic E-state index is 9.98. The van der Waals surface area contributed by atoms with Gasteiger partial charge in [0, 0.05) is 30.8 Å². The molecule has 0 saturated carbocycles. The smallest absolute Gasteiger partial charge is 0.151 e. The maximum atomic E-state index is 9.98. The zero-order valence-corrected chi connectivity index (χ0v) is 15.4. The van der Waals surface area contributed by atoms with Gasteiger partial charge in [0.2, 0.25) is 0 Å². The molecule has 134 valence electrons. The molecule has 24 heavy (non-hydrogen) atoms. The molecule has 0 bridgehead atoms. The van der Waals surface area contributed by atoms with E-state index < -0.39 is 0 Å². The number of rotatable bonds is 11. The number of unbranched alkanes of at least 4 members (excludes halogenated alkanes) is 2. The van der Waals surface area contributed by atoms with Crippen LogP contribution in [0.3, 0.4) is 0 Å². The number of nitrogens with two attached hydrogens (primary N) is 1. The van der Waals surface area contributed by atoms with Gasteiger partial charge in [-0.25, -0.2) is 9.97 Å². The Balaban J connectivity index is 1.80. The van der Waals surface area contributed by atoms with Gasteiger partial charge in [0.05, 0.1) is 11.6 Å². The third kappa shape index (κ3) is 5.36. The number of hydrogen-bond acceptors (Lipinski definition) is 6. The maximum Gasteiger partial charge on any atom is 0.151 e. The van der Waals surface area contributed by atoms with Crippen LogP contribution in [-0.4, -0.2) is 44.2 Å². The summed E-state index contributed by atoms with van der Waals surface area (Å²) in [5, 5.41) is 13.4. The van der Waals surface area contributed by atoms with Gasteiger partial charge in [0.15, 0.2) is 5.82 Å². The molecular formula is C17H29N5OS. The molecule has 0 amide bonds. The van der Waals surface area contributed by atoms with E-state index in [9.17, 15) is 5.11 Å². The van der Waals surface area contributed by atoms with Crippen LogP contribution >= 0.6 is 11.8 Å². The summed E-state index contributed by atoms with van der Waals surface area (Å²) in [4.78, 5) is 11.4. The van der Waals surface area contributed by atoms with Gasteiger partial charge in [-0.05, 0) is 24.9 Å². The van der Waals surface area contributed by atoms with Gasteiger partial charge < -0.3 is 21.1 Å². The van der Waals surface area contributed by atoms with Crippen molar-refractivity contribution in [2.45, 2.75) is 45.8 Å². The van der Waals surface area contributed by atoms with E-state index in [1.807, 2.05) is 24.9 Å². The molecule has 0 aliphatic carbocycles. The van der Waals surface area contributed by atoms with E-state index in [2.05, 4.69) is 27.2 Å². The summed E-state index contributed by atoms with van der Waals surface area (Å²) in [6.07, 6.45) is 6.89. The Bertz CT molecular complexity index is 616. The van der Waals surface area contributed by atoms with Gasteiger partial charge in [-0.2, -0.15) is 11.8 Å². The Kier molecular flexibility index (Phi) is 7.81. The number of aromatic nitrogens is 3. The molecule has 2 aromatic rings. The van der Waals surface area contributed by atoms with Crippen LogP contribution in [0.15, 0.2) is 12.5 Å². The number of aliphatic hydroxyl groups is 1. The molecule has 2 aromatic heterocycles.